The zero-order chi connectivity index (χ0) is 13.3. The van der Waals surface area contributed by atoms with Crippen molar-refractivity contribution in [2.24, 2.45) is 0 Å². The molecule has 1 heterocycles. The molecule has 0 bridgehead atoms. The molecule has 0 radical (unpaired) electrons. The Morgan fingerprint density at radius 2 is 1.72 bits per heavy atom. The summed E-state index contributed by atoms with van der Waals surface area (Å²) in [5, 5.41) is 0. The maximum Gasteiger partial charge on any atom is 0.171 e. The first-order valence-electron chi connectivity index (χ1n) is 5.96. The van der Waals surface area contributed by atoms with Crippen LogP contribution in [0.2, 0.25) is 0 Å². The molecule has 0 unspecified atom stereocenters. The largest absolute Gasteiger partial charge is 0.486 e. The highest BCUT2D eigenvalue weighted by atomic mass is 16.5. The molecule has 2 atom stereocenters. The van der Waals surface area contributed by atoms with E-state index < -0.39 is 6.10 Å². The van der Waals surface area contributed by atoms with Gasteiger partial charge in [-0.05, 0) is 26.3 Å². The molecule has 2 rings (SSSR count). The Bertz CT molecular complexity index is 514. The predicted octanol–water partition coefficient (Wildman–Crippen LogP) is 2.62. The van der Waals surface area contributed by atoms with E-state index in [1.807, 2.05) is 30.3 Å². The summed E-state index contributed by atoms with van der Waals surface area (Å²) in [6.45, 7) is 4.76. The van der Waals surface area contributed by atoms with Crippen LogP contribution in [0.1, 0.15) is 32.3 Å². The molecule has 0 fully saturated rings. The molecule has 0 saturated heterocycles. The van der Waals surface area contributed by atoms with Crippen LogP contribution in [0.4, 0.5) is 0 Å². The molecule has 0 N–H and O–H groups in total. The number of hydrogen-bond donors (Lipinski definition) is 0. The number of rotatable bonds is 3. The lowest BCUT2D eigenvalue weighted by molar-refractivity contribution is -0.125. The van der Waals surface area contributed by atoms with E-state index in [0.29, 0.717) is 11.3 Å². The summed E-state index contributed by atoms with van der Waals surface area (Å²) in [6, 6.07) is 9.55. The monoisotopic (exact) mass is 244 g/mol. The van der Waals surface area contributed by atoms with Crippen LogP contribution in [0.15, 0.2) is 41.7 Å². The molecule has 94 valence electrons. The Morgan fingerprint density at radius 1 is 1.11 bits per heavy atom. The van der Waals surface area contributed by atoms with Gasteiger partial charge in [-0.1, -0.05) is 30.3 Å². The third kappa shape index (κ3) is 2.08. The van der Waals surface area contributed by atoms with Gasteiger partial charge in [-0.25, -0.2) is 0 Å². The molecule has 1 aromatic rings. The van der Waals surface area contributed by atoms with E-state index in [4.69, 9.17) is 4.74 Å². The van der Waals surface area contributed by atoms with Crippen molar-refractivity contribution in [2.75, 3.05) is 0 Å². The lowest BCUT2D eigenvalue weighted by Gasteiger charge is -2.18. The Hall–Kier alpha value is -1.90. The maximum atomic E-state index is 11.8. The molecular formula is C15H16O3. The second kappa shape index (κ2) is 4.77. The van der Waals surface area contributed by atoms with E-state index >= 15 is 0 Å². The van der Waals surface area contributed by atoms with Gasteiger partial charge >= 0.3 is 0 Å². The lowest BCUT2D eigenvalue weighted by atomic mass is 9.84. The van der Waals surface area contributed by atoms with Crippen LogP contribution in [-0.2, 0) is 14.3 Å². The molecule has 3 heteroatoms. The van der Waals surface area contributed by atoms with E-state index in [2.05, 4.69) is 0 Å². The molecule has 0 spiro atoms. The van der Waals surface area contributed by atoms with Gasteiger partial charge in [0, 0.05) is 5.57 Å². The van der Waals surface area contributed by atoms with Gasteiger partial charge < -0.3 is 4.74 Å². The van der Waals surface area contributed by atoms with Crippen LogP contribution in [0.5, 0.6) is 0 Å². The second-order valence-electron chi connectivity index (χ2n) is 4.56. The fourth-order valence-corrected chi connectivity index (χ4v) is 2.48. The highest BCUT2D eigenvalue weighted by molar-refractivity contribution is 5.98. The Kier molecular flexibility index (Phi) is 3.32. The molecule has 3 nitrogen and oxygen atoms in total. The zero-order valence-electron chi connectivity index (χ0n) is 10.8. The third-order valence-electron chi connectivity index (χ3n) is 3.24. The predicted molar refractivity (Wildman–Crippen MR) is 68.1 cm³/mol. The number of benzene rings is 1. The fourth-order valence-electron chi connectivity index (χ4n) is 2.48. The van der Waals surface area contributed by atoms with Crippen LogP contribution in [0, 0.1) is 0 Å². The number of ether oxygens (including phenoxy) is 1. The number of hydrogen-bond acceptors (Lipinski definition) is 3. The van der Waals surface area contributed by atoms with Crippen molar-refractivity contribution in [3.63, 3.8) is 0 Å². The van der Waals surface area contributed by atoms with Crippen molar-refractivity contribution in [2.45, 2.75) is 32.8 Å². The average Bonchev–Trinajstić information content (AvgIpc) is 2.68. The summed E-state index contributed by atoms with van der Waals surface area (Å²) in [5.41, 5.74) is 1.56. The van der Waals surface area contributed by atoms with Gasteiger partial charge in [0.2, 0.25) is 0 Å². The Balaban J connectivity index is 2.50. The molecule has 1 aliphatic rings. The number of allylic oxidation sites excluding steroid dienone is 1. The summed E-state index contributed by atoms with van der Waals surface area (Å²) in [7, 11) is 0. The van der Waals surface area contributed by atoms with Crippen LogP contribution in [0.25, 0.3) is 0 Å². The van der Waals surface area contributed by atoms with Crippen molar-refractivity contribution in [3.05, 3.63) is 47.2 Å². The quantitative estimate of drug-likeness (QED) is 0.821. The van der Waals surface area contributed by atoms with Crippen molar-refractivity contribution in [3.8, 4) is 0 Å². The molecule has 18 heavy (non-hydrogen) atoms. The highest BCUT2D eigenvalue weighted by Crippen LogP contribution is 2.39. The van der Waals surface area contributed by atoms with Crippen molar-refractivity contribution >= 4 is 11.6 Å². The lowest BCUT2D eigenvalue weighted by Crippen LogP contribution is -2.26. The molecule has 0 aromatic heterocycles. The van der Waals surface area contributed by atoms with Gasteiger partial charge in [0.1, 0.15) is 5.76 Å². The van der Waals surface area contributed by atoms with E-state index in [9.17, 15) is 9.59 Å². The number of carbonyl (C=O) groups excluding carboxylic acids is 2. The zero-order valence-corrected chi connectivity index (χ0v) is 10.8. The minimum absolute atomic E-state index is 0.0369. The first-order chi connectivity index (χ1) is 8.52. The first-order valence-corrected chi connectivity index (χ1v) is 5.96. The molecule has 0 aliphatic carbocycles. The molecule has 0 saturated carbocycles. The second-order valence-corrected chi connectivity index (χ2v) is 4.56. The van der Waals surface area contributed by atoms with Crippen molar-refractivity contribution < 1.29 is 14.3 Å². The smallest absolute Gasteiger partial charge is 0.171 e. The number of ketones is 2. The summed E-state index contributed by atoms with van der Waals surface area (Å²) >= 11 is 0. The molecule has 1 aliphatic heterocycles. The minimum atomic E-state index is -0.578. The summed E-state index contributed by atoms with van der Waals surface area (Å²) in [4.78, 5) is 23.4. The standard InChI is InChI=1S/C15H16O3/c1-9(16)13-11(3)18-15(10(2)17)14(13)12-7-5-4-6-8-12/h4-8,14-15H,1-3H3/t14-,15+/m0/s1. The third-order valence-corrected chi connectivity index (χ3v) is 3.24. The van der Waals surface area contributed by atoms with Crippen molar-refractivity contribution in [1.82, 2.24) is 0 Å². The fraction of sp³-hybridized carbons (Fsp3) is 0.333. The van der Waals surface area contributed by atoms with Crippen molar-refractivity contribution in [1.29, 1.82) is 0 Å². The highest BCUT2D eigenvalue weighted by Gasteiger charge is 2.40. The summed E-state index contributed by atoms with van der Waals surface area (Å²) in [5.74, 6) is 0.197. The van der Waals surface area contributed by atoms with Gasteiger partial charge in [-0.15, -0.1) is 0 Å². The van der Waals surface area contributed by atoms with Crippen LogP contribution >= 0.6 is 0 Å². The van der Waals surface area contributed by atoms with Gasteiger partial charge in [0.05, 0.1) is 5.92 Å². The minimum Gasteiger partial charge on any atom is -0.486 e. The van der Waals surface area contributed by atoms with Crippen LogP contribution in [0.3, 0.4) is 0 Å². The Morgan fingerprint density at radius 3 is 2.22 bits per heavy atom. The molecule has 0 amide bonds. The molecular weight excluding hydrogens is 228 g/mol. The first kappa shape index (κ1) is 12.6. The maximum absolute atomic E-state index is 11.8. The van der Waals surface area contributed by atoms with Crippen LogP contribution in [-0.4, -0.2) is 17.7 Å². The number of carbonyl (C=O) groups is 2. The summed E-state index contributed by atoms with van der Waals surface area (Å²) in [6.07, 6.45) is -0.578. The van der Waals surface area contributed by atoms with Gasteiger partial charge in [0.15, 0.2) is 17.7 Å². The van der Waals surface area contributed by atoms with E-state index in [-0.39, 0.29) is 17.5 Å². The topological polar surface area (TPSA) is 43.4 Å². The van der Waals surface area contributed by atoms with Gasteiger partial charge in [0.25, 0.3) is 0 Å². The average molecular weight is 244 g/mol. The van der Waals surface area contributed by atoms with E-state index in [1.54, 1.807) is 6.92 Å². The van der Waals surface area contributed by atoms with Gasteiger partial charge in [-0.2, -0.15) is 0 Å². The van der Waals surface area contributed by atoms with E-state index in [1.165, 1.54) is 13.8 Å². The SMILES string of the molecule is CC(=O)C1=C(C)O[C@H](C(C)=O)[C@H]1c1ccccc1. The number of Topliss-reactive ketones (excluding diaryl/α,β-unsaturated/α-hetero) is 2. The molecule has 1 aromatic carbocycles. The van der Waals surface area contributed by atoms with Crippen LogP contribution < -0.4 is 0 Å². The van der Waals surface area contributed by atoms with E-state index in [0.717, 1.165) is 5.56 Å². The normalized spacial score (nSPS) is 22.8. The Labute approximate surface area is 106 Å². The summed E-state index contributed by atoms with van der Waals surface area (Å²) < 4.78 is 5.57. The van der Waals surface area contributed by atoms with Gasteiger partial charge in [-0.3, -0.25) is 9.59 Å².